The highest BCUT2D eigenvalue weighted by Crippen LogP contribution is 2.42. The smallest absolute Gasteiger partial charge is 0.317 e. The van der Waals surface area contributed by atoms with E-state index < -0.39 is 0 Å². The Morgan fingerprint density at radius 1 is 1.29 bits per heavy atom. The third-order valence-electron chi connectivity index (χ3n) is 6.18. The molecular formula is C18H28N4O2. The second-order valence-corrected chi connectivity index (χ2v) is 7.81. The number of methoxy groups -OCH3 is 1. The van der Waals surface area contributed by atoms with Gasteiger partial charge >= 0.3 is 6.03 Å². The number of hydrogen-bond acceptors (Lipinski definition) is 3. The summed E-state index contributed by atoms with van der Waals surface area (Å²) >= 11 is 0. The van der Waals surface area contributed by atoms with Gasteiger partial charge in [0.25, 0.3) is 0 Å². The van der Waals surface area contributed by atoms with Crippen molar-refractivity contribution in [3.63, 3.8) is 0 Å². The molecule has 6 heteroatoms. The van der Waals surface area contributed by atoms with E-state index in [1.807, 2.05) is 11.1 Å². The molecule has 1 aromatic heterocycles. The monoisotopic (exact) mass is 332 g/mol. The quantitative estimate of drug-likeness (QED) is 0.924. The number of ether oxygens (including phenoxy) is 1. The summed E-state index contributed by atoms with van der Waals surface area (Å²) in [5.41, 5.74) is 1.18. The maximum absolute atomic E-state index is 12.5. The normalized spacial score (nSPS) is 33.2. The van der Waals surface area contributed by atoms with E-state index in [1.165, 1.54) is 12.0 Å². The second kappa shape index (κ2) is 6.39. The molecule has 3 fully saturated rings. The maximum Gasteiger partial charge on any atom is 0.317 e. The molecule has 1 N–H and O–H groups in total. The van der Waals surface area contributed by atoms with Gasteiger partial charge in [0.2, 0.25) is 0 Å². The summed E-state index contributed by atoms with van der Waals surface area (Å²) in [4.78, 5) is 14.5. The lowest BCUT2D eigenvalue weighted by Gasteiger charge is -2.37. The van der Waals surface area contributed by atoms with E-state index in [0.29, 0.717) is 17.9 Å². The number of carbonyl (C=O) groups is 1. The van der Waals surface area contributed by atoms with Crippen LogP contribution >= 0.6 is 0 Å². The van der Waals surface area contributed by atoms with Crippen LogP contribution in [0.25, 0.3) is 0 Å². The van der Waals surface area contributed by atoms with Gasteiger partial charge in [-0.3, -0.25) is 4.68 Å². The number of carbonyl (C=O) groups excluding carboxylic acids is 1. The van der Waals surface area contributed by atoms with Crippen molar-refractivity contribution in [3.8, 4) is 0 Å². The Morgan fingerprint density at radius 3 is 2.62 bits per heavy atom. The van der Waals surface area contributed by atoms with Gasteiger partial charge in [-0.2, -0.15) is 5.10 Å². The molecule has 2 aliphatic carbocycles. The van der Waals surface area contributed by atoms with E-state index in [2.05, 4.69) is 28.2 Å². The molecule has 4 atom stereocenters. The minimum atomic E-state index is 0.134. The molecule has 2 saturated carbocycles. The predicted molar refractivity (Wildman–Crippen MR) is 90.8 cm³/mol. The summed E-state index contributed by atoms with van der Waals surface area (Å²) in [6.07, 6.45) is 9.77. The topological polar surface area (TPSA) is 59.4 Å². The van der Waals surface area contributed by atoms with E-state index in [0.717, 1.165) is 38.8 Å². The Morgan fingerprint density at radius 2 is 2.04 bits per heavy atom. The van der Waals surface area contributed by atoms with Gasteiger partial charge in [-0.25, -0.2) is 4.79 Å². The Kier molecular flexibility index (Phi) is 4.24. The fourth-order valence-corrected chi connectivity index (χ4v) is 4.52. The lowest BCUT2D eigenvalue weighted by atomic mass is 9.77. The highest BCUT2D eigenvalue weighted by Gasteiger charge is 2.44. The molecule has 1 aliphatic heterocycles. The van der Waals surface area contributed by atoms with Crippen LogP contribution in [0.1, 0.15) is 43.7 Å². The number of aromatic nitrogens is 2. The van der Waals surface area contributed by atoms with E-state index in [1.54, 1.807) is 7.11 Å². The van der Waals surface area contributed by atoms with Crippen molar-refractivity contribution in [2.75, 3.05) is 20.2 Å². The number of hydrogen-bond donors (Lipinski definition) is 1. The zero-order valence-electron chi connectivity index (χ0n) is 14.6. The summed E-state index contributed by atoms with van der Waals surface area (Å²) in [6, 6.07) is 0.820. The number of nitrogens with zero attached hydrogens (tertiary/aromatic N) is 3. The van der Waals surface area contributed by atoms with Gasteiger partial charge in [0.15, 0.2) is 0 Å². The Labute approximate surface area is 143 Å². The number of likely N-dealkylation sites (tertiary alicyclic amines) is 1. The molecule has 6 nitrogen and oxygen atoms in total. The molecule has 2 heterocycles. The van der Waals surface area contributed by atoms with Crippen LogP contribution < -0.4 is 5.32 Å². The summed E-state index contributed by atoms with van der Waals surface area (Å²) < 4.78 is 7.85. The van der Waals surface area contributed by atoms with Crippen LogP contribution in [-0.2, 0) is 4.74 Å². The molecule has 0 radical (unpaired) electrons. The predicted octanol–water partition coefficient (Wildman–Crippen LogP) is 2.35. The molecule has 0 aromatic carbocycles. The average molecular weight is 332 g/mol. The summed E-state index contributed by atoms with van der Waals surface area (Å²) in [7, 11) is 1.80. The molecular weight excluding hydrogens is 304 g/mol. The molecule has 1 aromatic rings. The van der Waals surface area contributed by atoms with Crippen LogP contribution in [0.2, 0.25) is 0 Å². The summed E-state index contributed by atoms with van der Waals surface area (Å²) in [5, 5.41) is 7.69. The number of rotatable bonds is 3. The minimum Gasteiger partial charge on any atom is -0.379 e. The molecule has 0 spiro atoms. The molecule has 0 bridgehead atoms. The molecule has 1 saturated heterocycles. The largest absolute Gasteiger partial charge is 0.379 e. The van der Waals surface area contributed by atoms with Gasteiger partial charge in [-0.15, -0.1) is 0 Å². The Balaban J connectivity index is 1.42. The van der Waals surface area contributed by atoms with Gasteiger partial charge in [0.1, 0.15) is 0 Å². The first-order valence-corrected chi connectivity index (χ1v) is 9.23. The fourth-order valence-electron chi connectivity index (χ4n) is 4.52. The zero-order valence-corrected chi connectivity index (χ0v) is 14.6. The fraction of sp³-hybridized carbons (Fsp3) is 0.778. The van der Waals surface area contributed by atoms with Crippen LogP contribution in [0.5, 0.6) is 0 Å². The van der Waals surface area contributed by atoms with Crippen LogP contribution in [0.15, 0.2) is 12.4 Å². The average Bonchev–Trinajstić information content (AvgIpc) is 3.14. The zero-order chi connectivity index (χ0) is 16.7. The standard InChI is InChI=1S/C18H28N4O2/c1-12-8-19-22(9-12)16-6-13-10-21(11-14(13)7-17(16)24-2)18(23)20-15-4-3-5-15/h8-9,13-17H,3-7,10-11H2,1-2H3,(H,20,23)/t13-,14+,16-,17-/m0/s1. The van der Waals surface area contributed by atoms with E-state index in [4.69, 9.17) is 4.74 Å². The van der Waals surface area contributed by atoms with E-state index >= 15 is 0 Å². The van der Waals surface area contributed by atoms with Crippen LogP contribution in [-0.4, -0.2) is 53.1 Å². The number of nitrogens with one attached hydrogen (secondary N) is 1. The van der Waals surface area contributed by atoms with E-state index in [9.17, 15) is 4.79 Å². The van der Waals surface area contributed by atoms with Gasteiger partial charge in [-0.05, 0) is 56.4 Å². The first-order valence-electron chi connectivity index (χ1n) is 9.23. The number of amides is 2. The van der Waals surface area contributed by atoms with Crippen molar-refractivity contribution in [1.29, 1.82) is 0 Å². The van der Waals surface area contributed by atoms with Crippen molar-refractivity contribution < 1.29 is 9.53 Å². The van der Waals surface area contributed by atoms with Crippen molar-refractivity contribution in [2.24, 2.45) is 11.8 Å². The first kappa shape index (κ1) is 15.9. The third-order valence-corrected chi connectivity index (χ3v) is 6.18. The lowest BCUT2D eigenvalue weighted by molar-refractivity contribution is -0.00487. The molecule has 132 valence electrons. The molecule has 24 heavy (non-hydrogen) atoms. The van der Waals surface area contributed by atoms with Crippen molar-refractivity contribution in [1.82, 2.24) is 20.0 Å². The number of urea groups is 1. The molecule has 0 unspecified atom stereocenters. The van der Waals surface area contributed by atoms with Crippen molar-refractivity contribution >= 4 is 6.03 Å². The first-order chi connectivity index (χ1) is 11.6. The lowest BCUT2D eigenvalue weighted by Crippen LogP contribution is -2.46. The third kappa shape index (κ3) is 2.92. The van der Waals surface area contributed by atoms with Crippen LogP contribution in [0.4, 0.5) is 4.79 Å². The van der Waals surface area contributed by atoms with Crippen molar-refractivity contribution in [3.05, 3.63) is 18.0 Å². The summed E-state index contributed by atoms with van der Waals surface area (Å²) in [6.45, 7) is 3.81. The number of aryl methyl sites for hydroxylation is 1. The molecule has 2 amide bonds. The maximum atomic E-state index is 12.5. The summed E-state index contributed by atoms with van der Waals surface area (Å²) in [5.74, 6) is 1.10. The van der Waals surface area contributed by atoms with Gasteiger partial charge in [-0.1, -0.05) is 0 Å². The van der Waals surface area contributed by atoms with Crippen molar-refractivity contribution in [2.45, 2.75) is 57.2 Å². The highest BCUT2D eigenvalue weighted by atomic mass is 16.5. The van der Waals surface area contributed by atoms with Gasteiger partial charge in [0, 0.05) is 32.4 Å². The Bertz CT molecular complexity index is 598. The number of fused-ring (bicyclic) bond motifs is 1. The minimum absolute atomic E-state index is 0.134. The van der Waals surface area contributed by atoms with Crippen LogP contribution in [0, 0.1) is 18.8 Å². The molecule has 4 rings (SSSR count). The van der Waals surface area contributed by atoms with E-state index in [-0.39, 0.29) is 18.2 Å². The SMILES string of the molecule is CO[C@H]1C[C@@H]2CN(C(=O)NC3CCC3)C[C@@H]2C[C@@H]1n1cc(C)cn1. The highest BCUT2D eigenvalue weighted by molar-refractivity contribution is 5.75. The Hall–Kier alpha value is -1.56. The molecule has 3 aliphatic rings. The van der Waals surface area contributed by atoms with Gasteiger partial charge < -0.3 is 15.0 Å². The second-order valence-electron chi connectivity index (χ2n) is 7.81. The van der Waals surface area contributed by atoms with Crippen LogP contribution in [0.3, 0.4) is 0 Å². The van der Waals surface area contributed by atoms with Gasteiger partial charge in [0.05, 0.1) is 18.3 Å².